The number of esters is 1. The van der Waals surface area contributed by atoms with Crippen molar-refractivity contribution < 1.29 is 24.2 Å². The van der Waals surface area contributed by atoms with Gasteiger partial charge in [0.2, 0.25) is 5.91 Å². The second-order valence-corrected chi connectivity index (χ2v) is 6.41. The van der Waals surface area contributed by atoms with Crippen LogP contribution in [0.25, 0.3) is 0 Å². The molecule has 1 heterocycles. The number of aliphatic hydroxyl groups excluding tert-OH is 1. The first-order chi connectivity index (χ1) is 10.8. The van der Waals surface area contributed by atoms with Crippen LogP contribution in [0.2, 0.25) is 0 Å². The minimum absolute atomic E-state index is 0.156. The van der Waals surface area contributed by atoms with E-state index in [1.54, 1.807) is 12.0 Å². The van der Waals surface area contributed by atoms with Crippen LogP contribution in [0.3, 0.4) is 0 Å². The highest BCUT2D eigenvalue weighted by atomic mass is 79.9. The molecule has 1 aromatic rings. The Morgan fingerprint density at radius 1 is 1.39 bits per heavy atom. The number of hydrogen-bond acceptors (Lipinski definition) is 5. The lowest BCUT2D eigenvalue weighted by atomic mass is 10.0. The van der Waals surface area contributed by atoms with Gasteiger partial charge in [-0.1, -0.05) is 6.07 Å². The van der Waals surface area contributed by atoms with Gasteiger partial charge in [0.05, 0.1) is 24.2 Å². The van der Waals surface area contributed by atoms with Crippen molar-refractivity contribution in [3.8, 4) is 5.75 Å². The summed E-state index contributed by atoms with van der Waals surface area (Å²) in [5.74, 6) is 0.0804. The number of β-amino-alcohol motifs (C(OH)–C–C–N with tert-alkyl or cyclic N) is 1. The van der Waals surface area contributed by atoms with Crippen LogP contribution in [0.15, 0.2) is 22.7 Å². The highest BCUT2D eigenvalue weighted by molar-refractivity contribution is 9.10. The fraction of sp³-hybridized carbons (Fsp3) is 0.500. The van der Waals surface area contributed by atoms with Gasteiger partial charge in [-0.2, -0.15) is 0 Å². The maximum Gasteiger partial charge on any atom is 0.303 e. The number of amides is 1. The average Bonchev–Trinajstić information content (AvgIpc) is 2.76. The Balaban J connectivity index is 2.25. The summed E-state index contributed by atoms with van der Waals surface area (Å²) < 4.78 is 11.2. The number of methoxy groups -OCH3 is 1. The molecule has 1 saturated heterocycles. The predicted octanol–water partition coefficient (Wildman–Crippen LogP) is 1.52. The Labute approximate surface area is 143 Å². The Morgan fingerprint density at radius 2 is 2.09 bits per heavy atom. The predicted molar refractivity (Wildman–Crippen MR) is 87.1 cm³/mol. The molecule has 126 valence electrons. The Bertz CT molecular complexity index is 606. The van der Waals surface area contributed by atoms with Gasteiger partial charge in [-0.15, -0.1) is 0 Å². The maximum atomic E-state index is 11.8. The standard InChI is InChI=1S/C16H20BrNO5/c1-9(19)18-8-14(21)16(23-10(2)20)13(18)7-11-4-5-15(22-3)12(17)6-11/h4-6,13-14,16,21H,7-8H2,1-3H3. The normalized spacial score (nSPS) is 23.7. The molecule has 6 nitrogen and oxygen atoms in total. The highest BCUT2D eigenvalue weighted by Crippen LogP contribution is 2.29. The third kappa shape index (κ3) is 4.03. The molecule has 0 spiro atoms. The molecule has 0 aromatic heterocycles. The number of ether oxygens (including phenoxy) is 2. The van der Waals surface area contributed by atoms with Crippen molar-refractivity contribution in [2.45, 2.75) is 38.5 Å². The van der Waals surface area contributed by atoms with E-state index >= 15 is 0 Å². The number of rotatable bonds is 4. The van der Waals surface area contributed by atoms with Gasteiger partial charge in [-0.05, 0) is 40.0 Å². The lowest BCUT2D eigenvalue weighted by Gasteiger charge is -2.27. The summed E-state index contributed by atoms with van der Waals surface area (Å²) in [6.45, 7) is 2.90. The molecular weight excluding hydrogens is 366 g/mol. The second-order valence-electron chi connectivity index (χ2n) is 5.55. The summed E-state index contributed by atoms with van der Waals surface area (Å²) in [4.78, 5) is 24.7. The minimum atomic E-state index is -0.880. The van der Waals surface area contributed by atoms with E-state index in [1.165, 1.54) is 13.8 Å². The molecular formula is C16H20BrNO5. The van der Waals surface area contributed by atoms with Gasteiger partial charge < -0.3 is 19.5 Å². The average molecular weight is 386 g/mol. The second kappa shape index (κ2) is 7.31. The van der Waals surface area contributed by atoms with E-state index in [0.717, 1.165) is 10.0 Å². The summed E-state index contributed by atoms with van der Waals surface area (Å²) in [5.41, 5.74) is 0.945. The van der Waals surface area contributed by atoms with Crippen LogP contribution in [0, 0.1) is 0 Å². The van der Waals surface area contributed by atoms with Crippen LogP contribution in [-0.2, 0) is 20.7 Å². The van der Waals surface area contributed by atoms with Crippen molar-refractivity contribution >= 4 is 27.8 Å². The molecule has 1 aliphatic heterocycles. The first kappa shape index (κ1) is 17.7. The largest absolute Gasteiger partial charge is 0.496 e. The van der Waals surface area contributed by atoms with E-state index in [4.69, 9.17) is 9.47 Å². The Kier molecular flexibility index (Phi) is 5.64. The molecule has 1 amide bonds. The van der Waals surface area contributed by atoms with Crippen molar-refractivity contribution in [2.24, 2.45) is 0 Å². The molecule has 3 atom stereocenters. The summed E-state index contributed by atoms with van der Waals surface area (Å²) >= 11 is 3.43. The van der Waals surface area contributed by atoms with Crippen LogP contribution in [0.5, 0.6) is 5.75 Å². The number of nitrogens with zero attached hydrogens (tertiary/aromatic N) is 1. The number of halogens is 1. The number of carbonyl (C=O) groups is 2. The number of hydrogen-bond donors (Lipinski definition) is 1. The third-order valence-electron chi connectivity index (χ3n) is 3.91. The van der Waals surface area contributed by atoms with Crippen LogP contribution in [0.4, 0.5) is 0 Å². The van der Waals surface area contributed by atoms with Gasteiger partial charge in [0.1, 0.15) is 18.0 Å². The monoisotopic (exact) mass is 385 g/mol. The van der Waals surface area contributed by atoms with E-state index in [1.807, 2.05) is 18.2 Å². The fourth-order valence-electron chi connectivity index (χ4n) is 2.89. The molecule has 1 fully saturated rings. The summed E-state index contributed by atoms with van der Waals surface area (Å²) in [6, 6.07) is 5.21. The SMILES string of the molecule is COc1ccc(CC2C(OC(C)=O)C(O)CN2C(C)=O)cc1Br. The van der Waals surface area contributed by atoms with E-state index in [2.05, 4.69) is 15.9 Å². The lowest BCUT2D eigenvalue weighted by molar-refractivity contribution is -0.152. The molecule has 0 saturated carbocycles. The van der Waals surface area contributed by atoms with E-state index < -0.39 is 24.2 Å². The number of carbonyl (C=O) groups excluding carboxylic acids is 2. The highest BCUT2D eigenvalue weighted by Gasteiger charge is 2.44. The van der Waals surface area contributed by atoms with Gasteiger partial charge in [0.25, 0.3) is 0 Å². The molecule has 23 heavy (non-hydrogen) atoms. The molecule has 0 aliphatic carbocycles. The van der Waals surface area contributed by atoms with Crippen LogP contribution in [0.1, 0.15) is 19.4 Å². The van der Waals surface area contributed by atoms with Crippen molar-refractivity contribution in [3.63, 3.8) is 0 Å². The molecule has 0 bridgehead atoms. The van der Waals surface area contributed by atoms with Gasteiger partial charge >= 0.3 is 5.97 Å². The molecule has 0 radical (unpaired) electrons. The third-order valence-corrected chi connectivity index (χ3v) is 4.53. The summed E-state index contributed by atoms with van der Waals surface area (Å²) in [6.07, 6.45) is -1.14. The van der Waals surface area contributed by atoms with Crippen LogP contribution in [-0.4, -0.2) is 53.8 Å². The lowest BCUT2D eigenvalue weighted by Crippen LogP contribution is -2.42. The number of likely N-dealkylation sites (tertiary alicyclic amines) is 1. The van der Waals surface area contributed by atoms with E-state index in [-0.39, 0.29) is 12.5 Å². The van der Waals surface area contributed by atoms with Crippen LogP contribution >= 0.6 is 15.9 Å². The molecule has 1 aliphatic rings. The minimum Gasteiger partial charge on any atom is -0.496 e. The molecule has 1 aromatic carbocycles. The van der Waals surface area contributed by atoms with Gasteiger partial charge in [-0.25, -0.2) is 0 Å². The smallest absolute Gasteiger partial charge is 0.303 e. The fourth-order valence-corrected chi connectivity index (χ4v) is 3.48. The van der Waals surface area contributed by atoms with E-state index in [9.17, 15) is 14.7 Å². The van der Waals surface area contributed by atoms with Crippen molar-refractivity contribution in [1.29, 1.82) is 0 Å². The summed E-state index contributed by atoms with van der Waals surface area (Å²) in [7, 11) is 1.58. The molecule has 7 heteroatoms. The maximum absolute atomic E-state index is 11.8. The zero-order valence-corrected chi connectivity index (χ0v) is 14.9. The first-order valence-electron chi connectivity index (χ1n) is 7.28. The summed E-state index contributed by atoms with van der Waals surface area (Å²) in [5, 5.41) is 10.1. The topological polar surface area (TPSA) is 76.1 Å². The first-order valence-corrected chi connectivity index (χ1v) is 8.07. The molecule has 2 rings (SSSR count). The Hall–Kier alpha value is -1.60. The van der Waals surface area contributed by atoms with Crippen LogP contribution < -0.4 is 4.74 Å². The number of aliphatic hydroxyl groups is 1. The van der Waals surface area contributed by atoms with Gasteiger partial charge in [-0.3, -0.25) is 9.59 Å². The van der Waals surface area contributed by atoms with Gasteiger partial charge in [0.15, 0.2) is 0 Å². The van der Waals surface area contributed by atoms with Gasteiger partial charge in [0, 0.05) is 13.8 Å². The Morgan fingerprint density at radius 3 is 2.61 bits per heavy atom. The van der Waals surface area contributed by atoms with Crippen molar-refractivity contribution in [3.05, 3.63) is 28.2 Å². The number of benzene rings is 1. The zero-order valence-electron chi connectivity index (χ0n) is 13.3. The van der Waals surface area contributed by atoms with Crippen molar-refractivity contribution in [2.75, 3.05) is 13.7 Å². The van der Waals surface area contributed by atoms with E-state index in [0.29, 0.717) is 12.2 Å². The van der Waals surface area contributed by atoms with Crippen molar-refractivity contribution in [1.82, 2.24) is 4.90 Å². The quantitative estimate of drug-likeness (QED) is 0.795. The zero-order chi connectivity index (χ0) is 17.1. The molecule has 3 unspecified atom stereocenters. The molecule has 1 N–H and O–H groups in total.